The van der Waals surface area contributed by atoms with Gasteiger partial charge in [-0.15, -0.1) is 0 Å². The minimum atomic E-state index is 0.0281. The zero-order valence-corrected chi connectivity index (χ0v) is 8.58. The average Bonchev–Trinajstić information content (AvgIpc) is 2.57. The molecule has 1 heterocycles. The van der Waals surface area contributed by atoms with Gasteiger partial charge in [0, 0.05) is 24.7 Å². The number of nitrogens with one attached hydrogen (secondary N) is 1. The highest BCUT2D eigenvalue weighted by molar-refractivity contribution is 9.09. The van der Waals surface area contributed by atoms with E-state index in [1.165, 1.54) is 6.39 Å². The second-order valence-corrected chi connectivity index (χ2v) is 3.18. The van der Waals surface area contributed by atoms with Crippen LogP contribution in [0.4, 0.5) is 0 Å². The van der Waals surface area contributed by atoms with E-state index in [-0.39, 0.29) is 5.91 Å². The molecule has 72 valence electrons. The molecule has 0 bridgehead atoms. The van der Waals surface area contributed by atoms with Crippen LogP contribution in [-0.2, 0) is 11.2 Å². The molecule has 1 rings (SSSR count). The summed E-state index contributed by atoms with van der Waals surface area (Å²) in [6.45, 7) is 0.547. The van der Waals surface area contributed by atoms with Gasteiger partial charge in [-0.05, 0) is 0 Å². The van der Waals surface area contributed by atoms with Crippen molar-refractivity contribution in [3.05, 3.63) is 12.2 Å². The van der Waals surface area contributed by atoms with Crippen molar-refractivity contribution in [1.82, 2.24) is 15.5 Å². The Morgan fingerprint density at radius 1 is 1.69 bits per heavy atom. The van der Waals surface area contributed by atoms with Gasteiger partial charge in [0.05, 0.1) is 0 Å². The molecule has 0 saturated carbocycles. The van der Waals surface area contributed by atoms with Gasteiger partial charge in [-0.25, -0.2) is 0 Å². The Balaban J connectivity index is 2.11. The normalized spacial score (nSPS) is 9.92. The van der Waals surface area contributed by atoms with Crippen LogP contribution in [0.3, 0.4) is 0 Å². The average molecular weight is 248 g/mol. The van der Waals surface area contributed by atoms with Crippen molar-refractivity contribution in [2.24, 2.45) is 0 Å². The SMILES string of the molecule is O=C(CCBr)NCCc1ncon1. The lowest BCUT2D eigenvalue weighted by atomic mass is 10.4. The van der Waals surface area contributed by atoms with Crippen LogP contribution in [-0.4, -0.2) is 27.9 Å². The maximum Gasteiger partial charge on any atom is 0.220 e. The summed E-state index contributed by atoms with van der Waals surface area (Å²) in [5, 5.41) is 7.03. The third-order valence-corrected chi connectivity index (χ3v) is 1.80. The lowest BCUT2D eigenvalue weighted by molar-refractivity contribution is -0.120. The highest BCUT2D eigenvalue weighted by Crippen LogP contribution is 1.90. The van der Waals surface area contributed by atoms with Crippen molar-refractivity contribution in [1.29, 1.82) is 0 Å². The molecule has 0 spiro atoms. The molecule has 1 aromatic rings. The summed E-state index contributed by atoms with van der Waals surface area (Å²) < 4.78 is 4.54. The number of hydrogen-bond donors (Lipinski definition) is 1. The van der Waals surface area contributed by atoms with Gasteiger partial charge < -0.3 is 9.84 Å². The monoisotopic (exact) mass is 247 g/mol. The Morgan fingerprint density at radius 2 is 2.54 bits per heavy atom. The van der Waals surface area contributed by atoms with E-state index in [4.69, 9.17) is 0 Å². The number of amides is 1. The summed E-state index contributed by atoms with van der Waals surface area (Å²) >= 11 is 3.18. The number of carbonyl (C=O) groups is 1. The van der Waals surface area contributed by atoms with Gasteiger partial charge in [-0.1, -0.05) is 21.1 Å². The molecule has 0 fully saturated rings. The Morgan fingerprint density at radius 3 is 3.15 bits per heavy atom. The van der Waals surface area contributed by atoms with Crippen molar-refractivity contribution in [3.63, 3.8) is 0 Å². The van der Waals surface area contributed by atoms with Crippen LogP contribution in [0.1, 0.15) is 12.2 Å². The number of halogens is 1. The quantitative estimate of drug-likeness (QED) is 0.771. The number of nitrogens with zero attached hydrogens (tertiary/aromatic N) is 2. The zero-order chi connectivity index (χ0) is 9.52. The third kappa shape index (κ3) is 4.02. The minimum absolute atomic E-state index is 0.0281. The molecule has 0 aliphatic carbocycles. The number of aromatic nitrogens is 2. The van der Waals surface area contributed by atoms with Crippen molar-refractivity contribution in [3.8, 4) is 0 Å². The fraction of sp³-hybridized carbons (Fsp3) is 0.571. The largest absolute Gasteiger partial charge is 0.356 e. The molecule has 0 radical (unpaired) electrons. The van der Waals surface area contributed by atoms with Crippen molar-refractivity contribution in [2.45, 2.75) is 12.8 Å². The first kappa shape index (κ1) is 10.2. The van der Waals surface area contributed by atoms with Crippen LogP contribution in [0.15, 0.2) is 10.9 Å². The fourth-order valence-electron chi connectivity index (χ4n) is 0.791. The summed E-state index contributed by atoms with van der Waals surface area (Å²) in [6.07, 6.45) is 2.37. The molecule has 6 heteroatoms. The second-order valence-electron chi connectivity index (χ2n) is 2.39. The molecule has 0 aliphatic rings. The van der Waals surface area contributed by atoms with E-state index in [0.29, 0.717) is 30.5 Å². The standard InChI is InChI=1S/C7H10BrN3O2/c8-3-1-7(12)9-4-2-6-10-5-13-11-6/h5H,1-4H2,(H,9,12). The van der Waals surface area contributed by atoms with Gasteiger partial charge in [-0.2, -0.15) is 4.98 Å². The van der Waals surface area contributed by atoms with Gasteiger partial charge in [0.25, 0.3) is 0 Å². The molecule has 1 aromatic heterocycles. The van der Waals surface area contributed by atoms with E-state index < -0.39 is 0 Å². The summed E-state index contributed by atoms with van der Waals surface area (Å²) in [7, 11) is 0. The predicted octanol–water partition coefficient (Wildman–Crippen LogP) is 0.513. The lowest BCUT2D eigenvalue weighted by Gasteiger charge is -2.00. The van der Waals surface area contributed by atoms with E-state index in [1.54, 1.807) is 0 Å². The molecule has 0 saturated heterocycles. The number of carbonyl (C=O) groups excluding carboxylic acids is 1. The molecular weight excluding hydrogens is 238 g/mol. The zero-order valence-electron chi connectivity index (χ0n) is 6.99. The van der Waals surface area contributed by atoms with E-state index in [0.717, 1.165) is 0 Å². The summed E-state index contributed by atoms with van der Waals surface area (Å²) in [4.78, 5) is 14.8. The molecule has 1 amide bonds. The van der Waals surface area contributed by atoms with E-state index in [9.17, 15) is 4.79 Å². The first-order valence-corrected chi connectivity index (χ1v) is 5.03. The Bertz CT molecular complexity index is 250. The first-order chi connectivity index (χ1) is 6.33. The van der Waals surface area contributed by atoms with E-state index in [1.807, 2.05) is 0 Å². The van der Waals surface area contributed by atoms with Crippen molar-refractivity contribution < 1.29 is 9.32 Å². The Hall–Kier alpha value is -0.910. The van der Waals surface area contributed by atoms with Crippen molar-refractivity contribution >= 4 is 21.8 Å². The fourth-order valence-corrected chi connectivity index (χ4v) is 1.15. The Kier molecular flexibility index (Phi) is 4.45. The third-order valence-electron chi connectivity index (χ3n) is 1.40. The predicted molar refractivity (Wildman–Crippen MR) is 49.4 cm³/mol. The van der Waals surface area contributed by atoms with Crippen LogP contribution in [0.5, 0.6) is 0 Å². The molecule has 1 N–H and O–H groups in total. The van der Waals surface area contributed by atoms with Crippen LogP contribution < -0.4 is 5.32 Å². The maximum absolute atomic E-state index is 11.0. The molecule has 13 heavy (non-hydrogen) atoms. The molecular formula is C7H10BrN3O2. The number of alkyl halides is 1. The minimum Gasteiger partial charge on any atom is -0.356 e. The number of hydrogen-bond acceptors (Lipinski definition) is 4. The summed E-state index contributed by atoms with van der Waals surface area (Å²) in [6, 6.07) is 0. The van der Waals surface area contributed by atoms with Gasteiger partial charge in [0.15, 0.2) is 5.82 Å². The van der Waals surface area contributed by atoms with Crippen LogP contribution in [0, 0.1) is 0 Å². The smallest absolute Gasteiger partial charge is 0.220 e. The molecule has 0 aliphatic heterocycles. The van der Waals surface area contributed by atoms with Crippen LogP contribution in [0.2, 0.25) is 0 Å². The lowest BCUT2D eigenvalue weighted by Crippen LogP contribution is -2.25. The molecule has 0 atom stereocenters. The molecule has 0 unspecified atom stereocenters. The highest BCUT2D eigenvalue weighted by Gasteiger charge is 2.01. The van der Waals surface area contributed by atoms with Gasteiger partial charge in [0.2, 0.25) is 12.3 Å². The maximum atomic E-state index is 11.0. The molecule has 5 nitrogen and oxygen atoms in total. The topological polar surface area (TPSA) is 68.0 Å². The number of rotatable bonds is 5. The highest BCUT2D eigenvalue weighted by atomic mass is 79.9. The second kappa shape index (κ2) is 5.69. The molecule has 0 aromatic carbocycles. The summed E-state index contributed by atoms with van der Waals surface area (Å²) in [5.41, 5.74) is 0. The van der Waals surface area contributed by atoms with Gasteiger partial charge >= 0.3 is 0 Å². The van der Waals surface area contributed by atoms with E-state index in [2.05, 4.69) is 35.9 Å². The Labute approximate surface area is 84.0 Å². The van der Waals surface area contributed by atoms with Crippen LogP contribution in [0.25, 0.3) is 0 Å². The van der Waals surface area contributed by atoms with Gasteiger partial charge in [-0.3, -0.25) is 4.79 Å². The van der Waals surface area contributed by atoms with Crippen molar-refractivity contribution in [2.75, 3.05) is 11.9 Å². The van der Waals surface area contributed by atoms with E-state index >= 15 is 0 Å². The summed E-state index contributed by atoms with van der Waals surface area (Å²) in [5.74, 6) is 0.638. The van der Waals surface area contributed by atoms with Gasteiger partial charge in [0.1, 0.15) is 0 Å². The van der Waals surface area contributed by atoms with Crippen LogP contribution >= 0.6 is 15.9 Å². The first-order valence-electron chi connectivity index (χ1n) is 3.91.